The molecule has 19 heavy (non-hydrogen) atoms. The molecule has 0 spiro atoms. The van der Waals surface area contributed by atoms with E-state index in [0.29, 0.717) is 5.69 Å². The van der Waals surface area contributed by atoms with Crippen LogP contribution < -0.4 is 0 Å². The summed E-state index contributed by atoms with van der Waals surface area (Å²) in [4.78, 5) is 16.2. The minimum atomic E-state index is -0.968. The first-order chi connectivity index (χ1) is 9.17. The van der Waals surface area contributed by atoms with Crippen molar-refractivity contribution in [1.82, 2.24) is 4.98 Å². The largest absolute Gasteiger partial charge is 0.465 e. The standard InChI is InChI=1S/C15H14N2O2/c1-3-19-15(18)12(9-16)14-10(2)8-11-6-4-5-7-13(11)17-14/h4-8,12H,3H2,1-2H3. The van der Waals surface area contributed by atoms with Crippen molar-refractivity contribution in [2.75, 3.05) is 6.61 Å². The minimum absolute atomic E-state index is 0.254. The molecule has 1 atom stereocenters. The second-order valence-electron chi connectivity index (χ2n) is 4.20. The number of hydrogen-bond acceptors (Lipinski definition) is 4. The summed E-state index contributed by atoms with van der Waals surface area (Å²) in [6.45, 7) is 3.81. The Labute approximate surface area is 111 Å². The summed E-state index contributed by atoms with van der Waals surface area (Å²) in [5.74, 6) is -1.51. The highest BCUT2D eigenvalue weighted by atomic mass is 16.5. The van der Waals surface area contributed by atoms with Crippen LogP contribution in [0.4, 0.5) is 0 Å². The van der Waals surface area contributed by atoms with E-state index in [1.807, 2.05) is 43.3 Å². The molecule has 0 saturated carbocycles. The number of fused-ring (bicyclic) bond motifs is 1. The van der Waals surface area contributed by atoms with Gasteiger partial charge in [-0.25, -0.2) is 0 Å². The van der Waals surface area contributed by atoms with E-state index >= 15 is 0 Å². The van der Waals surface area contributed by atoms with Crippen molar-refractivity contribution in [3.8, 4) is 6.07 Å². The van der Waals surface area contributed by atoms with Gasteiger partial charge in [-0.15, -0.1) is 0 Å². The predicted molar refractivity (Wildman–Crippen MR) is 71.5 cm³/mol. The number of pyridine rings is 1. The number of aromatic nitrogens is 1. The molecular formula is C15H14N2O2. The lowest BCUT2D eigenvalue weighted by atomic mass is 10.0. The van der Waals surface area contributed by atoms with Crippen molar-refractivity contribution >= 4 is 16.9 Å². The van der Waals surface area contributed by atoms with Crippen molar-refractivity contribution in [3.05, 3.63) is 41.6 Å². The van der Waals surface area contributed by atoms with Gasteiger partial charge in [0, 0.05) is 5.39 Å². The van der Waals surface area contributed by atoms with E-state index in [9.17, 15) is 10.1 Å². The van der Waals surface area contributed by atoms with Crippen LogP contribution in [0.15, 0.2) is 30.3 Å². The van der Waals surface area contributed by atoms with Gasteiger partial charge in [0.2, 0.25) is 0 Å². The number of nitrogens with zero attached hydrogens (tertiary/aromatic N) is 2. The highest BCUT2D eigenvalue weighted by Crippen LogP contribution is 2.23. The van der Waals surface area contributed by atoms with Crippen LogP contribution in [0.5, 0.6) is 0 Å². The summed E-state index contributed by atoms with van der Waals surface area (Å²) in [5.41, 5.74) is 2.06. The lowest BCUT2D eigenvalue weighted by molar-refractivity contribution is -0.143. The van der Waals surface area contributed by atoms with Gasteiger partial charge in [-0.2, -0.15) is 5.26 Å². The van der Waals surface area contributed by atoms with E-state index in [2.05, 4.69) is 4.98 Å². The molecule has 0 aliphatic heterocycles. The Kier molecular flexibility index (Phi) is 3.76. The van der Waals surface area contributed by atoms with Gasteiger partial charge >= 0.3 is 5.97 Å². The zero-order valence-corrected chi connectivity index (χ0v) is 10.9. The number of para-hydroxylation sites is 1. The second kappa shape index (κ2) is 5.49. The Morgan fingerprint density at radius 2 is 2.21 bits per heavy atom. The van der Waals surface area contributed by atoms with Crippen LogP contribution >= 0.6 is 0 Å². The third-order valence-electron chi connectivity index (χ3n) is 2.88. The van der Waals surface area contributed by atoms with Crippen LogP contribution in [0.25, 0.3) is 10.9 Å². The second-order valence-corrected chi connectivity index (χ2v) is 4.20. The van der Waals surface area contributed by atoms with E-state index in [1.54, 1.807) is 6.92 Å². The fourth-order valence-electron chi connectivity index (χ4n) is 1.98. The van der Waals surface area contributed by atoms with E-state index in [-0.39, 0.29) is 6.61 Å². The summed E-state index contributed by atoms with van der Waals surface area (Å²) in [5, 5.41) is 10.2. The van der Waals surface area contributed by atoms with Crippen LogP contribution in [0, 0.1) is 18.3 Å². The number of nitriles is 1. The molecular weight excluding hydrogens is 240 g/mol. The number of aryl methyl sites for hydroxylation is 1. The highest BCUT2D eigenvalue weighted by molar-refractivity contribution is 5.84. The van der Waals surface area contributed by atoms with Gasteiger partial charge in [-0.05, 0) is 31.5 Å². The van der Waals surface area contributed by atoms with E-state index in [1.165, 1.54) is 0 Å². The molecule has 0 aliphatic rings. The van der Waals surface area contributed by atoms with Gasteiger partial charge in [-0.1, -0.05) is 18.2 Å². The Morgan fingerprint density at radius 1 is 1.47 bits per heavy atom. The number of carbonyl (C=O) groups is 1. The first-order valence-electron chi connectivity index (χ1n) is 6.10. The van der Waals surface area contributed by atoms with Gasteiger partial charge in [0.15, 0.2) is 5.92 Å². The van der Waals surface area contributed by atoms with Crippen LogP contribution in [0.2, 0.25) is 0 Å². The SMILES string of the molecule is CCOC(=O)C(C#N)c1nc2ccccc2cc1C. The Morgan fingerprint density at radius 3 is 2.89 bits per heavy atom. The van der Waals surface area contributed by atoms with Gasteiger partial charge in [0.25, 0.3) is 0 Å². The molecule has 0 N–H and O–H groups in total. The van der Waals surface area contributed by atoms with Gasteiger partial charge < -0.3 is 4.74 Å². The normalized spacial score (nSPS) is 11.8. The minimum Gasteiger partial charge on any atom is -0.465 e. The molecule has 4 nitrogen and oxygen atoms in total. The molecule has 1 aromatic heterocycles. The fraction of sp³-hybridized carbons (Fsp3) is 0.267. The third kappa shape index (κ3) is 2.55. The maximum Gasteiger partial charge on any atom is 0.329 e. The monoisotopic (exact) mass is 254 g/mol. The van der Waals surface area contributed by atoms with Gasteiger partial charge in [0.05, 0.1) is 23.9 Å². The molecule has 1 heterocycles. The summed E-state index contributed by atoms with van der Waals surface area (Å²) in [6.07, 6.45) is 0. The van der Waals surface area contributed by atoms with Crippen molar-refractivity contribution in [2.45, 2.75) is 19.8 Å². The third-order valence-corrected chi connectivity index (χ3v) is 2.88. The molecule has 0 bridgehead atoms. The highest BCUT2D eigenvalue weighted by Gasteiger charge is 2.25. The topological polar surface area (TPSA) is 63.0 Å². The molecule has 2 aromatic rings. The van der Waals surface area contributed by atoms with Crippen molar-refractivity contribution in [2.24, 2.45) is 0 Å². The number of carbonyl (C=O) groups excluding carboxylic acids is 1. The molecule has 1 unspecified atom stereocenters. The lowest BCUT2D eigenvalue weighted by Gasteiger charge is -2.11. The smallest absolute Gasteiger partial charge is 0.329 e. The molecule has 4 heteroatoms. The van der Waals surface area contributed by atoms with Crippen LogP contribution in [0.3, 0.4) is 0 Å². The zero-order valence-electron chi connectivity index (χ0n) is 10.9. The summed E-state index contributed by atoms with van der Waals surface area (Å²) in [6, 6.07) is 11.5. The molecule has 0 fully saturated rings. The van der Waals surface area contributed by atoms with Gasteiger partial charge in [-0.3, -0.25) is 9.78 Å². The van der Waals surface area contributed by atoms with Crippen molar-refractivity contribution < 1.29 is 9.53 Å². The number of hydrogen-bond donors (Lipinski definition) is 0. The lowest BCUT2D eigenvalue weighted by Crippen LogP contribution is -2.16. The Hall–Kier alpha value is -2.41. The van der Waals surface area contributed by atoms with Crippen LogP contribution in [0.1, 0.15) is 24.1 Å². The van der Waals surface area contributed by atoms with E-state index < -0.39 is 11.9 Å². The van der Waals surface area contributed by atoms with Gasteiger partial charge in [0.1, 0.15) is 0 Å². The van der Waals surface area contributed by atoms with E-state index in [4.69, 9.17) is 4.74 Å². The average molecular weight is 254 g/mol. The van der Waals surface area contributed by atoms with Crippen LogP contribution in [-0.2, 0) is 9.53 Å². The first-order valence-corrected chi connectivity index (χ1v) is 6.10. The molecule has 2 rings (SSSR count). The van der Waals surface area contributed by atoms with Crippen molar-refractivity contribution in [3.63, 3.8) is 0 Å². The van der Waals surface area contributed by atoms with Crippen molar-refractivity contribution in [1.29, 1.82) is 5.26 Å². The molecule has 0 radical (unpaired) electrons. The van der Waals surface area contributed by atoms with E-state index in [0.717, 1.165) is 16.5 Å². The number of benzene rings is 1. The number of rotatable bonds is 3. The molecule has 0 amide bonds. The molecule has 96 valence electrons. The Balaban J connectivity index is 2.51. The summed E-state index contributed by atoms with van der Waals surface area (Å²) in [7, 11) is 0. The molecule has 1 aromatic carbocycles. The number of ether oxygens (including phenoxy) is 1. The fourth-order valence-corrected chi connectivity index (χ4v) is 1.98. The summed E-state index contributed by atoms with van der Waals surface area (Å²) >= 11 is 0. The maximum absolute atomic E-state index is 11.8. The summed E-state index contributed by atoms with van der Waals surface area (Å²) < 4.78 is 4.91. The molecule has 0 aliphatic carbocycles. The number of esters is 1. The Bertz CT molecular complexity index is 659. The quantitative estimate of drug-likeness (QED) is 0.790. The average Bonchev–Trinajstić information content (AvgIpc) is 2.40. The predicted octanol–water partition coefficient (Wildman–Crippen LogP) is 2.71. The molecule has 0 saturated heterocycles. The zero-order chi connectivity index (χ0) is 13.8. The van der Waals surface area contributed by atoms with Crippen LogP contribution in [-0.4, -0.2) is 17.6 Å². The first kappa shape index (κ1) is 13.0. The maximum atomic E-state index is 11.8.